The van der Waals surface area contributed by atoms with E-state index in [1.807, 2.05) is 0 Å². The summed E-state index contributed by atoms with van der Waals surface area (Å²) in [6, 6.07) is 0. The molecule has 2 heteroatoms. The first-order valence-corrected chi connectivity index (χ1v) is 10.3. The maximum absolute atomic E-state index is 13.0. The normalized spacial score (nSPS) is 14.9. The Labute approximate surface area is 152 Å². The average Bonchev–Trinajstić information content (AvgIpc) is 2.45. The molecule has 0 bridgehead atoms. The van der Waals surface area contributed by atoms with Crippen molar-refractivity contribution < 1.29 is 9.53 Å². The minimum Gasteiger partial charge on any atom is -0.462 e. The number of ether oxygens (including phenoxy) is 1. The lowest BCUT2D eigenvalue weighted by Crippen LogP contribution is -2.40. The Kier molecular flexibility index (Phi) is 10.9. The molecule has 0 N–H and O–H groups in total. The first-order chi connectivity index (χ1) is 11.1. The Morgan fingerprint density at radius 2 is 1.33 bits per heavy atom. The zero-order valence-corrected chi connectivity index (χ0v) is 17.8. The van der Waals surface area contributed by atoms with Crippen molar-refractivity contribution >= 4 is 5.97 Å². The van der Waals surface area contributed by atoms with Crippen LogP contribution in [0.1, 0.15) is 113 Å². The highest BCUT2D eigenvalue weighted by Crippen LogP contribution is 2.41. The molecule has 24 heavy (non-hydrogen) atoms. The molecule has 0 radical (unpaired) electrons. The zero-order chi connectivity index (χ0) is 18.8. The fourth-order valence-electron chi connectivity index (χ4n) is 3.41. The van der Waals surface area contributed by atoms with Crippen LogP contribution >= 0.6 is 0 Å². The Morgan fingerprint density at radius 1 is 0.875 bits per heavy atom. The molecule has 0 aromatic rings. The lowest BCUT2D eigenvalue weighted by molar-refractivity contribution is -0.166. The summed E-state index contributed by atoms with van der Waals surface area (Å²) >= 11 is 0. The Balaban J connectivity index is 4.93. The number of rotatable bonds is 12. The highest BCUT2D eigenvalue weighted by molar-refractivity contribution is 5.77. The quantitative estimate of drug-likeness (QED) is 0.278. The van der Waals surface area contributed by atoms with Gasteiger partial charge in [0.15, 0.2) is 0 Å². The number of hydrogen-bond donors (Lipinski definition) is 0. The van der Waals surface area contributed by atoms with Gasteiger partial charge < -0.3 is 4.74 Å². The van der Waals surface area contributed by atoms with Crippen LogP contribution in [0, 0.1) is 16.7 Å². The fourth-order valence-corrected chi connectivity index (χ4v) is 3.41. The minimum atomic E-state index is -0.397. The molecule has 1 atom stereocenters. The van der Waals surface area contributed by atoms with Crippen molar-refractivity contribution in [3.63, 3.8) is 0 Å². The first kappa shape index (κ1) is 23.5. The SMILES string of the molecule is CCCCCC(CCCCC)OC(=O)C(C)(CC(C)(C)C)C(C)C. The van der Waals surface area contributed by atoms with Gasteiger partial charge in [0.1, 0.15) is 6.10 Å². The van der Waals surface area contributed by atoms with Gasteiger partial charge >= 0.3 is 5.97 Å². The van der Waals surface area contributed by atoms with Crippen LogP contribution in [-0.2, 0) is 9.53 Å². The van der Waals surface area contributed by atoms with E-state index in [0.717, 1.165) is 32.1 Å². The molecule has 0 aromatic carbocycles. The van der Waals surface area contributed by atoms with Gasteiger partial charge in [-0.15, -0.1) is 0 Å². The van der Waals surface area contributed by atoms with Crippen LogP contribution in [0.15, 0.2) is 0 Å². The molecule has 2 nitrogen and oxygen atoms in total. The molecule has 0 spiro atoms. The standard InChI is InChI=1S/C22H44O2/c1-9-11-13-15-19(16-14-12-10-2)24-20(23)22(8,18(3)4)17-21(5,6)7/h18-19H,9-17H2,1-8H3. The van der Waals surface area contributed by atoms with Crippen molar-refractivity contribution in [2.45, 2.75) is 119 Å². The molecule has 0 rings (SSSR count). The minimum absolute atomic E-state index is 0.0189. The summed E-state index contributed by atoms with van der Waals surface area (Å²) in [5.41, 5.74) is -0.274. The monoisotopic (exact) mass is 340 g/mol. The smallest absolute Gasteiger partial charge is 0.312 e. The summed E-state index contributed by atoms with van der Waals surface area (Å²) < 4.78 is 6.08. The average molecular weight is 341 g/mol. The van der Waals surface area contributed by atoms with Crippen molar-refractivity contribution in [1.82, 2.24) is 0 Å². The Hall–Kier alpha value is -0.530. The van der Waals surface area contributed by atoms with Gasteiger partial charge in [-0.25, -0.2) is 0 Å². The van der Waals surface area contributed by atoms with E-state index in [9.17, 15) is 4.79 Å². The molecule has 0 amide bonds. The third kappa shape index (κ3) is 9.08. The van der Waals surface area contributed by atoms with Gasteiger partial charge in [-0.3, -0.25) is 4.79 Å². The van der Waals surface area contributed by atoms with Crippen LogP contribution < -0.4 is 0 Å². The lowest BCUT2D eigenvalue weighted by atomic mass is 9.69. The van der Waals surface area contributed by atoms with Gasteiger partial charge in [0.25, 0.3) is 0 Å². The second-order valence-corrected chi connectivity index (χ2v) is 9.33. The van der Waals surface area contributed by atoms with Crippen molar-refractivity contribution in [3.05, 3.63) is 0 Å². The van der Waals surface area contributed by atoms with E-state index in [1.165, 1.54) is 25.7 Å². The van der Waals surface area contributed by atoms with E-state index in [-0.39, 0.29) is 23.4 Å². The van der Waals surface area contributed by atoms with Crippen LogP contribution in [-0.4, -0.2) is 12.1 Å². The van der Waals surface area contributed by atoms with E-state index < -0.39 is 5.41 Å². The van der Waals surface area contributed by atoms with Gasteiger partial charge in [0.05, 0.1) is 5.41 Å². The lowest BCUT2D eigenvalue weighted by Gasteiger charge is -2.38. The van der Waals surface area contributed by atoms with Crippen LogP contribution in [0.2, 0.25) is 0 Å². The predicted molar refractivity (Wildman–Crippen MR) is 105 cm³/mol. The van der Waals surface area contributed by atoms with E-state index >= 15 is 0 Å². The number of carbonyl (C=O) groups excluding carboxylic acids is 1. The molecule has 0 heterocycles. The fraction of sp³-hybridized carbons (Fsp3) is 0.955. The van der Waals surface area contributed by atoms with Gasteiger partial charge in [0.2, 0.25) is 0 Å². The molecule has 0 aliphatic rings. The molecule has 144 valence electrons. The Bertz CT molecular complexity index is 330. The van der Waals surface area contributed by atoms with Gasteiger partial charge in [-0.1, -0.05) is 74.1 Å². The van der Waals surface area contributed by atoms with Crippen LogP contribution in [0.25, 0.3) is 0 Å². The highest BCUT2D eigenvalue weighted by atomic mass is 16.5. The molecule has 0 aliphatic carbocycles. The number of unbranched alkanes of at least 4 members (excludes halogenated alkanes) is 4. The molecule has 0 aliphatic heterocycles. The second-order valence-electron chi connectivity index (χ2n) is 9.33. The summed E-state index contributed by atoms with van der Waals surface area (Å²) in [5.74, 6) is 0.307. The van der Waals surface area contributed by atoms with E-state index in [2.05, 4.69) is 55.4 Å². The van der Waals surface area contributed by atoms with E-state index in [0.29, 0.717) is 0 Å². The summed E-state index contributed by atoms with van der Waals surface area (Å²) in [4.78, 5) is 13.0. The van der Waals surface area contributed by atoms with Gasteiger partial charge in [0, 0.05) is 0 Å². The summed E-state index contributed by atoms with van der Waals surface area (Å²) in [5, 5.41) is 0. The second kappa shape index (κ2) is 11.2. The Morgan fingerprint density at radius 3 is 1.67 bits per heavy atom. The number of carbonyl (C=O) groups is 1. The van der Waals surface area contributed by atoms with Crippen molar-refractivity contribution in [3.8, 4) is 0 Å². The van der Waals surface area contributed by atoms with Crippen molar-refractivity contribution in [1.29, 1.82) is 0 Å². The third-order valence-corrected chi connectivity index (χ3v) is 5.17. The predicted octanol–water partition coefficient (Wildman–Crippen LogP) is 7.16. The molecular formula is C22H44O2. The molecule has 1 unspecified atom stereocenters. The van der Waals surface area contributed by atoms with E-state index in [1.54, 1.807) is 0 Å². The van der Waals surface area contributed by atoms with Crippen molar-refractivity contribution in [2.24, 2.45) is 16.7 Å². The molecule has 0 saturated carbocycles. The molecule has 0 fully saturated rings. The summed E-state index contributed by atoms with van der Waals surface area (Å²) in [7, 11) is 0. The summed E-state index contributed by atoms with van der Waals surface area (Å²) in [6.45, 7) is 17.5. The molecular weight excluding hydrogens is 296 g/mol. The van der Waals surface area contributed by atoms with Gasteiger partial charge in [-0.05, 0) is 50.4 Å². The largest absolute Gasteiger partial charge is 0.462 e. The highest BCUT2D eigenvalue weighted by Gasteiger charge is 2.42. The van der Waals surface area contributed by atoms with Crippen LogP contribution in [0.5, 0.6) is 0 Å². The van der Waals surface area contributed by atoms with Crippen molar-refractivity contribution in [2.75, 3.05) is 0 Å². The maximum Gasteiger partial charge on any atom is 0.312 e. The zero-order valence-electron chi connectivity index (χ0n) is 17.8. The molecule has 0 aromatic heterocycles. The topological polar surface area (TPSA) is 26.3 Å². The summed E-state index contributed by atoms with van der Waals surface area (Å²) in [6.07, 6.45) is 10.2. The van der Waals surface area contributed by atoms with Crippen LogP contribution in [0.3, 0.4) is 0 Å². The third-order valence-electron chi connectivity index (χ3n) is 5.17. The maximum atomic E-state index is 13.0. The number of esters is 1. The molecule has 0 saturated heterocycles. The first-order valence-electron chi connectivity index (χ1n) is 10.3. The van der Waals surface area contributed by atoms with E-state index in [4.69, 9.17) is 4.74 Å². The van der Waals surface area contributed by atoms with Gasteiger partial charge in [-0.2, -0.15) is 0 Å². The number of hydrogen-bond acceptors (Lipinski definition) is 2. The van der Waals surface area contributed by atoms with Crippen LogP contribution in [0.4, 0.5) is 0 Å².